The van der Waals surface area contributed by atoms with Crippen molar-refractivity contribution in [3.8, 4) is 5.75 Å². The molecule has 0 unspecified atom stereocenters. The summed E-state index contributed by atoms with van der Waals surface area (Å²) in [6.45, 7) is 1.98. The molecular formula is C13H11O3. The SMILES string of the molecule is CCOC(=O)c1ccc2ccccc2c1[O]. The number of benzene rings is 2. The lowest BCUT2D eigenvalue weighted by molar-refractivity contribution is 0.0521. The number of rotatable bonds is 2. The molecule has 0 aliphatic heterocycles. The summed E-state index contributed by atoms with van der Waals surface area (Å²) in [6.07, 6.45) is 0. The first-order valence-electron chi connectivity index (χ1n) is 5.10. The molecule has 2 rings (SSSR count). The molecule has 2 aromatic carbocycles. The van der Waals surface area contributed by atoms with Gasteiger partial charge in [0.25, 0.3) is 0 Å². The lowest BCUT2D eigenvalue weighted by atomic mass is 10.1. The van der Waals surface area contributed by atoms with Crippen LogP contribution in [0.15, 0.2) is 36.4 Å². The summed E-state index contributed by atoms with van der Waals surface area (Å²) in [4.78, 5) is 11.5. The molecule has 0 fully saturated rings. The lowest BCUT2D eigenvalue weighted by Crippen LogP contribution is -2.04. The minimum atomic E-state index is -0.557. The molecule has 0 atom stereocenters. The van der Waals surface area contributed by atoms with Crippen molar-refractivity contribution < 1.29 is 14.6 Å². The standard InChI is InChI=1S/C13H11O3/c1-2-16-13(15)11-8-7-9-5-3-4-6-10(9)12(11)14/h3-8H,2H2,1H3. The number of hydrogen-bond donors (Lipinski definition) is 0. The van der Waals surface area contributed by atoms with Gasteiger partial charge in [-0.05, 0) is 18.4 Å². The maximum atomic E-state index is 11.9. The molecule has 3 heteroatoms. The fraction of sp³-hybridized carbons (Fsp3) is 0.154. The molecule has 0 aliphatic rings. The Morgan fingerprint density at radius 2 is 1.94 bits per heavy atom. The van der Waals surface area contributed by atoms with Crippen LogP contribution in [0.5, 0.6) is 5.75 Å². The van der Waals surface area contributed by atoms with Gasteiger partial charge in [0.15, 0.2) is 0 Å². The van der Waals surface area contributed by atoms with E-state index in [1.165, 1.54) is 6.07 Å². The summed E-state index contributed by atoms with van der Waals surface area (Å²) in [6, 6.07) is 10.4. The third-order valence-electron chi connectivity index (χ3n) is 2.37. The molecule has 0 heterocycles. The van der Waals surface area contributed by atoms with Gasteiger partial charge in [0.2, 0.25) is 5.75 Å². The fourth-order valence-corrected chi connectivity index (χ4v) is 1.61. The molecule has 0 aromatic heterocycles. The zero-order valence-corrected chi connectivity index (χ0v) is 8.90. The van der Waals surface area contributed by atoms with E-state index in [9.17, 15) is 9.90 Å². The predicted molar refractivity (Wildman–Crippen MR) is 60.0 cm³/mol. The Balaban J connectivity index is 2.56. The maximum absolute atomic E-state index is 11.9. The van der Waals surface area contributed by atoms with E-state index in [1.807, 2.05) is 12.1 Å². The molecule has 81 valence electrons. The highest BCUT2D eigenvalue weighted by Crippen LogP contribution is 2.29. The van der Waals surface area contributed by atoms with E-state index < -0.39 is 5.97 Å². The third kappa shape index (κ3) is 1.72. The van der Waals surface area contributed by atoms with Crippen LogP contribution in [0.1, 0.15) is 17.3 Å². The Kier molecular flexibility index (Phi) is 2.77. The molecule has 0 N–H and O–H groups in total. The summed E-state index contributed by atoms with van der Waals surface area (Å²) in [5.74, 6) is -0.824. The summed E-state index contributed by atoms with van der Waals surface area (Å²) in [7, 11) is 0. The number of esters is 1. The van der Waals surface area contributed by atoms with Gasteiger partial charge in [0.1, 0.15) is 5.56 Å². The topological polar surface area (TPSA) is 46.2 Å². The first-order chi connectivity index (χ1) is 7.74. The third-order valence-corrected chi connectivity index (χ3v) is 2.37. The van der Waals surface area contributed by atoms with E-state index in [4.69, 9.17) is 4.74 Å². The second-order valence-electron chi connectivity index (χ2n) is 3.38. The molecule has 0 saturated heterocycles. The fourth-order valence-electron chi connectivity index (χ4n) is 1.61. The van der Waals surface area contributed by atoms with Crippen LogP contribution in [-0.4, -0.2) is 12.6 Å². The zero-order valence-electron chi connectivity index (χ0n) is 8.90. The van der Waals surface area contributed by atoms with Gasteiger partial charge in [-0.15, -0.1) is 0 Å². The molecule has 0 aliphatic carbocycles. The lowest BCUT2D eigenvalue weighted by Gasteiger charge is -2.05. The summed E-state index contributed by atoms with van der Waals surface area (Å²) in [5.41, 5.74) is 0.0977. The minimum Gasteiger partial charge on any atom is -0.462 e. The van der Waals surface area contributed by atoms with Crippen molar-refractivity contribution in [2.75, 3.05) is 6.61 Å². The summed E-state index contributed by atoms with van der Waals surface area (Å²) < 4.78 is 4.82. The summed E-state index contributed by atoms with van der Waals surface area (Å²) >= 11 is 0. The molecule has 0 bridgehead atoms. The van der Waals surface area contributed by atoms with Crippen LogP contribution in [0.3, 0.4) is 0 Å². The van der Waals surface area contributed by atoms with Crippen molar-refractivity contribution in [2.45, 2.75) is 6.92 Å². The van der Waals surface area contributed by atoms with Gasteiger partial charge in [-0.1, -0.05) is 30.3 Å². The quantitative estimate of drug-likeness (QED) is 0.722. The number of carbonyl (C=O) groups is 1. The van der Waals surface area contributed by atoms with E-state index in [1.54, 1.807) is 25.1 Å². The Labute approximate surface area is 93.3 Å². The molecule has 3 nitrogen and oxygen atoms in total. The molecule has 0 amide bonds. The molecule has 0 spiro atoms. The van der Waals surface area contributed by atoms with Crippen molar-refractivity contribution in [2.24, 2.45) is 0 Å². The van der Waals surface area contributed by atoms with Crippen LogP contribution in [0, 0.1) is 0 Å². The Bertz CT molecular complexity index is 532. The van der Waals surface area contributed by atoms with Crippen LogP contribution in [0.25, 0.3) is 10.8 Å². The van der Waals surface area contributed by atoms with Gasteiger partial charge in [-0.3, -0.25) is 5.11 Å². The maximum Gasteiger partial charge on any atom is 0.342 e. The Morgan fingerprint density at radius 3 is 2.69 bits per heavy atom. The van der Waals surface area contributed by atoms with Gasteiger partial charge < -0.3 is 4.74 Å². The Morgan fingerprint density at radius 1 is 1.19 bits per heavy atom. The number of hydrogen-bond acceptors (Lipinski definition) is 2. The normalized spacial score (nSPS) is 10.3. The highest BCUT2D eigenvalue weighted by molar-refractivity contribution is 6.00. The van der Waals surface area contributed by atoms with Crippen molar-refractivity contribution in [1.29, 1.82) is 0 Å². The Hall–Kier alpha value is -2.03. The molecular weight excluding hydrogens is 204 g/mol. The van der Waals surface area contributed by atoms with Gasteiger partial charge in [0.05, 0.1) is 6.61 Å². The van der Waals surface area contributed by atoms with E-state index in [0.29, 0.717) is 5.39 Å². The number of carbonyl (C=O) groups excluding carboxylic acids is 1. The van der Waals surface area contributed by atoms with Crippen molar-refractivity contribution >= 4 is 16.7 Å². The second-order valence-corrected chi connectivity index (χ2v) is 3.38. The van der Waals surface area contributed by atoms with E-state index in [0.717, 1.165) is 5.39 Å². The highest BCUT2D eigenvalue weighted by Gasteiger charge is 2.15. The van der Waals surface area contributed by atoms with Gasteiger partial charge >= 0.3 is 5.97 Å². The van der Waals surface area contributed by atoms with Gasteiger partial charge in [-0.2, -0.15) is 0 Å². The average molecular weight is 215 g/mol. The van der Waals surface area contributed by atoms with Crippen molar-refractivity contribution in [1.82, 2.24) is 0 Å². The van der Waals surface area contributed by atoms with Crippen LogP contribution in [0.2, 0.25) is 0 Å². The van der Waals surface area contributed by atoms with Gasteiger partial charge in [0, 0.05) is 5.39 Å². The van der Waals surface area contributed by atoms with E-state index in [-0.39, 0.29) is 17.9 Å². The molecule has 16 heavy (non-hydrogen) atoms. The number of fused-ring (bicyclic) bond motifs is 1. The van der Waals surface area contributed by atoms with Crippen molar-refractivity contribution in [3.05, 3.63) is 42.0 Å². The zero-order chi connectivity index (χ0) is 11.5. The van der Waals surface area contributed by atoms with Crippen LogP contribution < -0.4 is 0 Å². The smallest absolute Gasteiger partial charge is 0.342 e. The first kappa shape index (κ1) is 10.5. The number of ether oxygens (including phenoxy) is 1. The van der Waals surface area contributed by atoms with E-state index >= 15 is 0 Å². The van der Waals surface area contributed by atoms with Gasteiger partial charge in [-0.25, -0.2) is 4.79 Å². The van der Waals surface area contributed by atoms with E-state index in [2.05, 4.69) is 0 Å². The van der Waals surface area contributed by atoms with Crippen LogP contribution in [0.4, 0.5) is 0 Å². The highest BCUT2D eigenvalue weighted by atomic mass is 16.5. The average Bonchev–Trinajstić information content (AvgIpc) is 2.30. The van der Waals surface area contributed by atoms with Crippen LogP contribution in [-0.2, 0) is 9.84 Å². The predicted octanol–water partition coefficient (Wildman–Crippen LogP) is 3.16. The largest absolute Gasteiger partial charge is 0.462 e. The summed E-state index contributed by atoms with van der Waals surface area (Å²) in [5, 5.41) is 13.3. The minimum absolute atomic E-state index is 0.0977. The molecule has 1 radical (unpaired) electrons. The first-order valence-corrected chi connectivity index (χ1v) is 5.10. The van der Waals surface area contributed by atoms with Crippen molar-refractivity contribution in [3.63, 3.8) is 0 Å². The molecule has 0 saturated carbocycles. The molecule has 2 aromatic rings. The monoisotopic (exact) mass is 215 g/mol. The second kappa shape index (κ2) is 4.23. The van der Waals surface area contributed by atoms with Crippen LogP contribution >= 0.6 is 0 Å².